The first-order valence-corrected chi connectivity index (χ1v) is 7.95. The molecular weight excluding hydrogens is 290 g/mol. The molecule has 0 radical (unpaired) electrons. The maximum Gasteiger partial charge on any atom is 0.0635 e. The van der Waals surface area contributed by atoms with Gasteiger partial charge in [-0.05, 0) is 54.6 Å². The number of aromatic nitrogens is 2. The molecular formula is C14H26BrN3. The second-order valence-corrected chi connectivity index (χ2v) is 5.61. The number of hydrogen-bond donors (Lipinski definition) is 1. The van der Waals surface area contributed by atoms with Gasteiger partial charge in [0.1, 0.15) is 0 Å². The van der Waals surface area contributed by atoms with Crippen molar-refractivity contribution in [1.82, 2.24) is 15.1 Å². The zero-order valence-corrected chi connectivity index (χ0v) is 13.5. The standard InChI is InChI=1S/C14H26BrN3/c1-4-9-16-12(6-3)7-8-14-13(15)11-17-18(14)10-5-2/h11-12,16H,4-10H2,1-3H3. The van der Waals surface area contributed by atoms with Crippen LogP contribution in [0.5, 0.6) is 0 Å². The lowest BCUT2D eigenvalue weighted by Crippen LogP contribution is -2.29. The number of aryl methyl sites for hydroxylation is 1. The molecule has 0 bridgehead atoms. The Bertz CT molecular complexity index is 336. The quantitative estimate of drug-likeness (QED) is 0.751. The largest absolute Gasteiger partial charge is 0.314 e. The minimum Gasteiger partial charge on any atom is -0.314 e. The van der Waals surface area contributed by atoms with E-state index in [1.165, 1.54) is 25.0 Å². The predicted octanol–water partition coefficient (Wildman–Crippen LogP) is 3.77. The van der Waals surface area contributed by atoms with Gasteiger partial charge in [-0.15, -0.1) is 0 Å². The van der Waals surface area contributed by atoms with Crippen molar-refractivity contribution >= 4 is 15.9 Å². The van der Waals surface area contributed by atoms with Crippen LogP contribution >= 0.6 is 15.9 Å². The molecule has 0 amide bonds. The Morgan fingerprint density at radius 2 is 2.11 bits per heavy atom. The molecule has 0 fully saturated rings. The molecule has 18 heavy (non-hydrogen) atoms. The van der Waals surface area contributed by atoms with Crippen molar-refractivity contribution < 1.29 is 0 Å². The van der Waals surface area contributed by atoms with E-state index >= 15 is 0 Å². The van der Waals surface area contributed by atoms with E-state index in [0.717, 1.165) is 30.4 Å². The molecule has 0 saturated carbocycles. The maximum absolute atomic E-state index is 4.42. The van der Waals surface area contributed by atoms with E-state index in [4.69, 9.17) is 0 Å². The average Bonchev–Trinajstić information content (AvgIpc) is 2.72. The fourth-order valence-corrected chi connectivity index (χ4v) is 2.65. The van der Waals surface area contributed by atoms with Crippen LogP contribution in [0.2, 0.25) is 0 Å². The summed E-state index contributed by atoms with van der Waals surface area (Å²) in [4.78, 5) is 0. The van der Waals surface area contributed by atoms with Gasteiger partial charge >= 0.3 is 0 Å². The summed E-state index contributed by atoms with van der Waals surface area (Å²) in [7, 11) is 0. The van der Waals surface area contributed by atoms with Gasteiger partial charge < -0.3 is 5.32 Å². The van der Waals surface area contributed by atoms with Gasteiger partial charge in [-0.1, -0.05) is 20.8 Å². The van der Waals surface area contributed by atoms with Crippen molar-refractivity contribution in [2.75, 3.05) is 6.54 Å². The van der Waals surface area contributed by atoms with E-state index in [0.29, 0.717) is 6.04 Å². The zero-order chi connectivity index (χ0) is 13.4. The molecule has 0 aromatic carbocycles. The van der Waals surface area contributed by atoms with Crippen molar-refractivity contribution in [1.29, 1.82) is 0 Å². The second kappa shape index (κ2) is 8.70. The lowest BCUT2D eigenvalue weighted by molar-refractivity contribution is 0.457. The molecule has 1 rings (SSSR count). The Labute approximate surface area is 119 Å². The SMILES string of the molecule is CCCNC(CC)CCc1c(Br)cnn1CCC. The zero-order valence-electron chi connectivity index (χ0n) is 11.9. The third-order valence-electron chi connectivity index (χ3n) is 3.24. The van der Waals surface area contributed by atoms with Gasteiger partial charge in [0, 0.05) is 12.6 Å². The number of nitrogens with zero attached hydrogens (tertiary/aromatic N) is 2. The number of halogens is 1. The molecule has 1 atom stereocenters. The van der Waals surface area contributed by atoms with E-state index in [2.05, 4.69) is 51.8 Å². The average molecular weight is 316 g/mol. The Morgan fingerprint density at radius 3 is 2.72 bits per heavy atom. The Morgan fingerprint density at radius 1 is 1.33 bits per heavy atom. The van der Waals surface area contributed by atoms with Crippen molar-refractivity contribution in [2.45, 2.75) is 65.5 Å². The summed E-state index contributed by atoms with van der Waals surface area (Å²) in [5.74, 6) is 0. The molecule has 0 aliphatic rings. The normalized spacial score (nSPS) is 12.9. The number of rotatable bonds is 9. The van der Waals surface area contributed by atoms with Gasteiger partial charge in [0.2, 0.25) is 0 Å². The van der Waals surface area contributed by atoms with E-state index in [1.807, 2.05) is 6.20 Å². The van der Waals surface area contributed by atoms with Gasteiger partial charge in [-0.2, -0.15) is 5.10 Å². The fourth-order valence-electron chi connectivity index (χ4n) is 2.15. The highest BCUT2D eigenvalue weighted by atomic mass is 79.9. The van der Waals surface area contributed by atoms with Crippen LogP contribution in [0, 0.1) is 0 Å². The summed E-state index contributed by atoms with van der Waals surface area (Å²) < 4.78 is 3.29. The van der Waals surface area contributed by atoms with E-state index in [-0.39, 0.29) is 0 Å². The summed E-state index contributed by atoms with van der Waals surface area (Å²) in [5.41, 5.74) is 1.34. The molecule has 0 spiro atoms. The van der Waals surface area contributed by atoms with Crippen LogP contribution in [0.25, 0.3) is 0 Å². The topological polar surface area (TPSA) is 29.9 Å². The van der Waals surface area contributed by atoms with Crippen LogP contribution < -0.4 is 5.32 Å². The highest BCUT2D eigenvalue weighted by Gasteiger charge is 2.11. The number of hydrogen-bond acceptors (Lipinski definition) is 2. The Balaban J connectivity index is 2.52. The van der Waals surface area contributed by atoms with Crippen molar-refractivity contribution in [2.24, 2.45) is 0 Å². The lowest BCUT2D eigenvalue weighted by atomic mass is 10.1. The molecule has 104 valence electrons. The summed E-state index contributed by atoms with van der Waals surface area (Å²) in [6.45, 7) is 8.80. The first-order chi connectivity index (χ1) is 8.72. The Hall–Kier alpha value is -0.350. The van der Waals surface area contributed by atoms with Gasteiger partial charge in [-0.3, -0.25) is 4.68 Å². The minimum absolute atomic E-state index is 0.627. The highest BCUT2D eigenvalue weighted by Crippen LogP contribution is 2.19. The maximum atomic E-state index is 4.42. The smallest absolute Gasteiger partial charge is 0.0635 e. The predicted molar refractivity (Wildman–Crippen MR) is 80.9 cm³/mol. The van der Waals surface area contributed by atoms with Gasteiger partial charge in [0.25, 0.3) is 0 Å². The first-order valence-electron chi connectivity index (χ1n) is 7.16. The van der Waals surface area contributed by atoms with Crippen molar-refractivity contribution in [3.8, 4) is 0 Å². The Kier molecular flexibility index (Phi) is 7.59. The van der Waals surface area contributed by atoms with Crippen LogP contribution in [0.4, 0.5) is 0 Å². The number of nitrogens with one attached hydrogen (secondary N) is 1. The van der Waals surface area contributed by atoms with Crippen LogP contribution in [-0.2, 0) is 13.0 Å². The highest BCUT2D eigenvalue weighted by molar-refractivity contribution is 9.10. The van der Waals surface area contributed by atoms with E-state index in [1.54, 1.807) is 0 Å². The summed E-state index contributed by atoms with van der Waals surface area (Å²) >= 11 is 3.61. The van der Waals surface area contributed by atoms with Crippen molar-refractivity contribution in [3.05, 3.63) is 16.4 Å². The van der Waals surface area contributed by atoms with Crippen LogP contribution in [0.15, 0.2) is 10.7 Å². The monoisotopic (exact) mass is 315 g/mol. The van der Waals surface area contributed by atoms with Crippen LogP contribution in [0.1, 0.15) is 52.1 Å². The second-order valence-electron chi connectivity index (χ2n) is 4.76. The van der Waals surface area contributed by atoms with Crippen molar-refractivity contribution in [3.63, 3.8) is 0 Å². The van der Waals surface area contributed by atoms with Gasteiger partial charge in [-0.25, -0.2) is 0 Å². The summed E-state index contributed by atoms with van der Waals surface area (Å²) in [6, 6.07) is 0.627. The lowest BCUT2D eigenvalue weighted by Gasteiger charge is -2.17. The molecule has 1 heterocycles. The third-order valence-corrected chi connectivity index (χ3v) is 3.90. The summed E-state index contributed by atoms with van der Waals surface area (Å²) in [5, 5.41) is 8.03. The van der Waals surface area contributed by atoms with Crippen LogP contribution in [0.3, 0.4) is 0 Å². The molecule has 0 saturated heterocycles. The fraction of sp³-hybridized carbons (Fsp3) is 0.786. The first kappa shape index (κ1) is 15.7. The molecule has 1 N–H and O–H groups in total. The van der Waals surface area contributed by atoms with Gasteiger partial charge in [0.05, 0.1) is 16.4 Å². The molecule has 4 heteroatoms. The van der Waals surface area contributed by atoms with Gasteiger partial charge in [0.15, 0.2) is 0 Å². The molecule has 0 aliphatic carbocycles. The molecule has 1 aromatic heterocycles. The molecule has 1 aromatic rings. The molecule has 1 unspecified atom stereocenters. The summed E-state index contributed by atoms with van der Waals surface area (Å²) in [6.07, 6.45) is 7.73. The third kappa shape index (κ3) is 4.73. The van der Waals surface area contributed by atoms with E-state index in [9.17, 15) is 0 Å². The minimum atomic E-state index is 0.627. The van der Waals surface area contributed by atoms with Crippen LogP contribution in [-0.4, -0.2) is 22.4 Å². The molecule has 0 aliphatic heterocycles. The van der Waals surface area contributed by atoms with E-state index < -0.39 is 0 Å². The molecule has 3 nitrogen and oxygen atoms in total.